The molecule has 1 fully saturated rings. The molecule has 2 rings (SSSR count). The van der Waals surface area contributed by atoms with Gasteiger partial charge in [-0.1, -0.05) is 0 Å². The number of aromatic nitrogens is 2. The van der Waals surface area contributed by atoms with Gasteiger partial charge in [0.15, 0.2) is 0 Å². The quantitative estimate of drug-likeness (QED) is 0.814. The lowest BCUT2D eigenvalue weighted by molar-refractivity contribution is -0.123. The number of amides is 1. The normalized spacial score (nSPS) is 25.4. The van der Waals surface area contributed by atoms with Crippen molar-refractivity contribution in [2.45, 2.75) is 37.6 Å². The number of nitrogens with zero attached hydrogens (tertiary/aromatic N) is 2. The molecular weight excluding hydrogens is 268 g/mol. The number of sulfonamides is 1. The molecule has 1 aromatic rings. The van der Waals surface area contributed by atoms with Crippen LogP contribution in [0.3, 0.4) is 0 Å². The summed E-state index contributed by atoms with van der Waals surface area (Å²) >= 11 is 0. The van der Waals surface area contributed by atoms with Crippen LogP contribution in [0.5, 0.6) is 0 Å². The molecule has 7 nitrogen and oxygen atoms in total. The Bertz CT molecular complexity index is 581. The number of rotatable bonds is 3. The Hall–Kier alpha value is -1.41. The lowest BCUT2D eigenvalue weighted by Gasteiger charge is -2.35. The summed E-state index contributed by atoms with van der Waals surface area (Å²) in [6, 6.07) is -0.144. The molecule has 2 unspecified atom stereocenters. The van der Waals surface area contributed by atoms with E-state index in [1.165, 1.54) is 10.5 Å². The van der Waals surface area contributed by atoms with Crippen molar-refractivity contribution in [3.05, 3.63) is 11.9 Å². The maximum absolute atomic E-state index is 12.6. The molecule has 0 spiro atoms. The fraction of sp³-hybridized carbons (Fsp3) is 0.636. The molecule has 19 heavy (non-hydrogen) atoms. The maximum Gasteiger partial charge on any atom is 0.246 e. The van der Waals surface area contributed by atoms with E-state index in [2.05, 4.69) is 10.2 Å². The van der Waals surface area contributed by atoms with Crippen LogP contribution in [0.15, 0.2) is 11.1 Å². The van der Waals surface area contributed by atoms with E-state index in [4.69, 9.17) is 5.73 Å². The van der Waals surface area contributed by atoms with Crippen LogP contribution in [0, 0.1) is 12.8 Å². The number of aryl methyl sites for hydroxylation is 1. The largest absolute Gasteiger partial charge is 0.369 e. The molecule has 1 aliphatic rings. The minimum absolute atomic E-state index is 0.142. The number of nitrogens with two attached hydrogens (primary N) is 1. The molecule has 1 amide bonds. The molecule has 1 aromatic heterocycles. The van der Waals surface area contributed by atoms with Crippen molar-refractivity contribution in [2.75, 3.05) is 6.54 Å². The Morgan fingerprint density at radius 1 is 1.53 bits per heavy atom. The average Bonchev–Trinajstić information content (AvgIpc) is 2.76. The Labute approximate surface area is 112 Å². The third-order valence-corrected chi connectivity index (χ3v) is 5.69. The standard InChI is InChI=1S/C11H18N4O3S/c1-7-3-4-9(11(12)16)6-15(7)19(17,18)10-5-13-14-8(10)2/h5,7,9H,3-4,6H2,1-2H3,(H2,12,16)(H,13,14). The molecule has 0 saturated carbocycles. The topological polar surface area (TPSA) is 109 Å². The second-order valence-electron chi connectivity index (χ2n) is 4.96. The van der Waals surface area contributed by atoms with Crippen LogP contribution in [0.1, 0.15) is 25.5 Å². The number of piperidine rings is 1. The first-order valence-corrected chi connectivity index (χ1v) is 7.59. The van der Waals surface area contributed by atoms with Gasteiger partial charge in [-0.2, -0.15) is 9.40 Å². The first-order chi connectivity index (χ1) is 8.84. The van der Waals surface area contributed by atoms with Crippen molar-refractivity contribution in [3.63, 3.8) is 0 Å². The van der Waals surface area contributed by atoms with Crippen LogP contribution < -0.4 is 5.73 Å². The Morgan fingerprint density at radius 2 is 2.21 bits per heavy atom. The van der Waals surface area contributed by atoms with Gasteiger partial charge in [0.2, 0.25) is 15.9 Å². The molecule has 2 heterocycles. The van der Waals surface area contributed by atoms with E-state index in [9.17, 15) is 13.2 Å². The predicted octanol–water partition coefficient (Wildman–Crippen LogP) is -0.00738. The molecule has 106 valence electrons. The number of H-pyrrole nitrogens is 1. The van der Waals surface area contributed by atoms with Gasteiger partial charge in [-0.15, -0.1) is 0 Å². The molecule has 8 heteroatoms. The van der Waals surface area contributed by atoms with Gasteiger partial charge in [-0.05, 0) is 26.7 Å². The first-order valence-electron chi connectivity index (χ1n) is 6.15. The Kier molecular flexibility index (Phi) is 3.64. The van der Waals surface area contributed by atoms with Crippen LogP contribution in [0.4, 0.5) is 0 Å². The van der Waals surface area contributed by atoms with Crippen molar-refractivity contribution < 1.29 is 13.2 Å². The number of hydrogen-bond donors (Lipinski definition) is 2. The van der Waals surface area contributed by atoms with Gasteiger partial charge in [0.25, 0.3) is 0 Å². The third kappa shape index (κ3) is 2.50. The molecule has 1 saturated heterocycles. The van der Waals surface area contributed by atoms with E-state index in [1.54, 1.807) is 6.92 Å². The van der Waals surface area contributed by atoms with Crippen molar-refractivity contribution in [2.24, 2.45) is 11.7 Å². The van der Waals surface area contributed by atoms with Crippen LogP contribution in [0.25, 0.3) is 0 Å². The highest BCUT2D eigenvalue weighted by atomic mass is 32.2. The number of nitrogens with one attached hydrogen (secondary N) is 1. The Morgan fingerprint density at radius 3 is 2.74 bits per heavy atom. The molecule has 0 aromatic carbocycles. The zero-order valence-corrected chi connectivity index (χ0v) is 11.8. The second kappa shape index (κ2) is 4.93. The lowest BCUT2D eigenvalue weighted by Crippen LogP contribution is -2.48. The van der Waals surface area contributed by atoms with Gasteiger partial charge in [-0.25, -0.2) is 8.42 Å². The van der Waals surface area contributed by atoms with Gasteiger partial charge < -0.3 is 5.73 Å². The highest BCUT2D eigenvalue weighted by Crippen LogP contribution is 2.28. The molecular formula is C11H18N4O3S. The van der Waals surface area contributed by atoms with Gasteiger partial charge in [0.1, 0.15) is 4.90 Å². The number of carbonyl (C=O) groups is 1. The van der Waals surface area contributed by atoms with Crippen molar-refractivity contribution in [1.29, 1.82) is 0 Å². The molecule has 0 aliphatic carbocycles. The third-order valence-electron chi connectivity index (χ3n) is 3.60. The molecule has 2 atom stereocenters. The fourth-order valence-corrected chi connectivity index (χ4v) is 4.19. The molecule has 1 aliphatic heterocycles. The zero-order valence-electron chi connectivity index (χ0n) is 11.0. The summed E-state index contributed by atoms with van der Waals surface area (Å²) in [6.45, 7) is 3.63. The van der Waals surface area contributed by atoms with E-state index in [-0.39, 0.29) is 17.5 Å². The number of aromatic amines is 1. The first kappa shape index (κ1) is 14.0. The minimum atomic E-state index is -3.63. The highest BCUT2D eigenvalue weighted by Gasteiger charge is 2.37. The van der Waals surface area contributed by atoms with Gasteiger partial charge in [-0.3, -0.25) is 9.89 Å². The molecule has 3 N–H and O–H groups in total. The molecule has 0 radical (unpaired) electrons. The number of hydrogen-bond acceptors (Lipinski definition) is 4. The fourth-order valence-electron chi connectivity index (χ4n) is 2.37. The Balaban J connectivity index is 2.33. The van der Waals surface area contributed by atoms with Crippen LogP contribution in [-0.4, -0.2) is 41.4 Å². The van der Waals surface area contributed by atoms with Crippen LogP contribution in [0.2, 0.25) is 0 Å². The minimum Gasteiger partial charge on any atom is -0.369 e. The number of primary amides is 1. The monoisotopic (exact) mass is 286 g/mol. The predicted molar refractivity (Wildman–Crippen MR) is 68.6 cm³/mol. The van der Waals surface area contributed by atoms with E-state index >= 15 is 0 Å². The zero-order chi connectivity index (χ0) is 14.2. The number of carbonyl (C=O) groups excluding carboxylic acids is 1. The summed E-state index contributed by atoms with van der Waals surface area (Å²) in [5.41, 5.74) is 5.78. The maximum atomic E-state index is 12.6. The van der Waals surface area contributed by atoms with Gasteiger partial charge in [0, 0.05) is 12.6 Å². The summed E-state index contributed by atoms with van der Waals surface area (Å²) in [5.74, 6) is -0.866. The van der Waals surface area contributed by atoms with Gasteiger partial charge in [0.05, 0.1) is 17.8 Å². The van der Waals surface area contributed by atoms with Crippen LogP contribution >= 0.6 is 0 Å². The SMILES string of the molecule is Cc1[nH]ncc1S(=O)(=O)N1CC(C(N)=O)CCC1C. The second-order valence-corrected chi connectivity index (χ2v) is 6.82. The van der Waals surface area contributed by atoms with Crippen molar-refractivity contribution >= 4 is 15.9 Å². The molecule has 0 bridgehead atoms. The van der Waals surface area contributed by atoms with Crippen molar-refractivity contribution in [1.82, 2.24) is 14.5 Å². The summed E-state index contributed by atoms with van der Waals surface area (Å²) in [7, 11) is -3.63. The van der Waals surface area contributed by atoms with Crippen molar-refractivity contribution in [3.8, 4) is 0 Å². The summed E-state index contributed by atoms with van der Waals surface area (Å²) in [6.07, 6.45) is 2.56. The van der Waals surface area contributed by atoms with E-state index in [0.29, 0.717) is 18.5 Å². The summed E-state index contributed by atoms with van der Waals surface area (Å²) in [4.78, 5) is 11.4. The van der Waals surface area contributed by atoms with E-state index < -0.39 is 21.8 Å². The lowest BCUT2D eigenvalue weighted by atomic mass is 9.95. The smallest absolute Gasteiger partial charge is 0.246 e. The highest BCUT2D eigenvalue weighted by molar-refractivity contribution is 7.89. The van der Waals surface area contributed by atoms with Gasteiger partial charge >= 0.3 is 0 Å². The summed E-state index contributed by atoms with van der Waals surface area (Å²) in [5, 5.41) is 6.35. The van der Waals surface area contributed by atoms with E-state index in [0.717, 1.165) is 0 Å². The van der Waals surface area contributed by atoms with Crippen LogP contribution in [-0.2, 0) is 14.8 Å². The van der Waals surface area contributed by atoms with E-state index in [1.807, 2.05) is 6.92 Å². The summed E-state index contributed by atoms with van der Waals surface area (Å²) < 4.78 is 26.5. The average molecular weight is 286 g/mol.